The van der Waals surface area contributed by atoms with Gasteiger partial charge < -0.3 is 20.5 Å². The smallest absolute Gasteiger partial charge is 0.225 e. The number of fused-ring (bicyclic) bond motifs is 1. The maximum absolute atomic E-state index is 13.0. The predicted molar refractivity (Wildman–Crippen MR) is 135 cm³/mol. The highest BCUT2D eigenvalue weighted by molar-refractivity contribution is 5.86. The first-order valence-electron chi connectivity index (χ1n) is 12.3. The molecule has 1 saturated heterocycles. The second-order valence-electron chi connectivity index (χ2n) is 9.33. The molecule has 0 aliphatic carbocycles. The molecule has 180 valence electrons. The Kier molecular flexibility index (Phi) is 7.95. The number of H-pyrrole nitrogens is 1. The summed E-state index contributed by atoms with van der Waals surface area (Å²) in [5, 5.41) is 8.31. The van der Waals surface area contributed by atoms with Crippen LogP contribution in [-0.4, -0.2) is 53.9 Å². The summed E-state index contributed by atoms with van der Waals surface area (Å²) in [6, 6.07) is 14.5. The minimum absolute atomic E-state index is 0.0238. The van der Waals surface area contributed by atoms with E-state index < -0.39 is 0 Å². The van der Waals surface area contributed by atoms with Crippen LogP contribution in [0.15, 0.2) is 48.7 Å². The van der Waals surface area contributed by atoms with Crippen molar-refractivity contribution in [1.29, 1.82) is 0 Å². The van der Waals surface area contributed by atoms with E-state index in [-0.39, 0.29) is 23.8 Å². The molecule has 34 heavy (non-hydrogen) atoms. The van der Waals surface area contributed by atoms with Crippen molar-refractivity contribution in [3.8, 4) is 11.3 Å². The molecule has 2 heterocycles. The van der Waals surface area contributed by atoms with Crippen LogP contribution in [0.2, 0.25) is 0 Å². The van der Waals surface area contributed by atoms with E-state index >= 15 is 0 Å². The Labute approximate surface area is 201 Å². The Morgan fingerprint density at radius 3 is 2.74 bits per heavy atom. The van der Waals surface area contributed by atoms with Crippen LogP contribution in [0.3, 0.4) is 0 Å². The van der Waals surface area contributed by atoms with Gasteiger partial charge in [0.2, 0.25) is 11.8 Å². The molecule has 1 aliphatic heterocycles. The first-order valence-corrected chi connectivity index (χ1v) is 12.3. The Morgan fingerprint density at radius 2 is 1.97 bits per heavy atom. The fourth-order valence-electron chi connectivity index (χ4n) is 4.67. The average molecular weight is 462 g/mol. The van der Waals surface area contributed by atoms with Crippen LogP contribution in [0, 0.1) is 5.92 Å². The molecule has 3 N–H and O–H groups in total. The number of nitrogens with zero attached hydrogens (tertiary/aromatic N) is 2. The number of nitrogens with one attached hydrogen (secondary N) is 3. The first kappa shape index (κ1) is 24.0. The minimum atomic E-state index is -0.174. The number of benzene rings is 2. The number of rotatable bonds is 10. The third-order valence-corrected chi connectivity index (χ3v) is 6.74. The van der Waals surface area contributed by atoms with Gasteiger partial charge in [0.1, 0.15) is 5.82 Å². The number of hydrogen-bond acceptors (Lipinski definition) is 4. The van der Waals surface area contributed by atoms with E-state index in [1.807, 2.05) is 18.3 Å². The zero-order valence-corrected chi connectivity index (χ0v) is 20.1. The third kappa shape index (κ3) is 6.03. The van der Waals surface area contributed by atoms with Crippen LogP contribution in [0.4, 0.5) is 0 Å². The molecule has 3 aromatic rings. The maximum atomic E-state index is 13.0. The number of amides is 2. The summed E-state index contributed by atoms with van der Waals surface area (Å²) in [5.74, 6) is 0.981. The predicted octanol–water partition coefficient (Wildman–Crippen LogP) is 4.04. The van der Waals surface area contributed by atoms with Gasteiger partial charge in [0.25, 0.3) is 0 Å². The van der Waals surface area contributed by atoms with Crippen LogP contribution in [-0.2, 0) is 9.59 Å². The maximum Gasteiger partial charge on any atom is 0.225 e. The molecule has 7 nitrogen and oxygen atoms in total. The van der Waals surface area contributed by atoms with Crippen LogP contribution >= 0.6 is 0 Å². The van der Waals surface area contributed by atoms with E-state index in [2.05, 4.69) is 62.9 Å². The number of hydrogen-bond donors (Lipinski definition) is 3. The lowest BCUT2D eigenvalue weighted by Gasteiger charge is -2.19. The lowest BCUT2D eigenvalue weighted by molar-refractivity contribution is -0.125. The topological polar surface area (TPSA) is 90.1 Å². The quantitative estimate of drug-likeness (QED) is 0.398. The second-order valence-corrected chi connectivity index (χ2v) is 9.33. The fraction of sp³-hybridized carbons (Fsp3) is 0.444. The summed E-state index contributed by atoms with van der Waals surface area (Å²) < 4.78 is 0. The van der Waals surface area contributed by atoms with Gasteiger partial charge in [-0.15, -0.1) is 0 Å². The normalized spacial score (nSPS) is 17.1. The van der Waals surface area contributed by atoms with Crippen LogP contribution < -0.4 is 10.6 Å². The molecular weight excluding hydrogens is 426 g/mol. The van der Waals surface area contributed by atoms with Crippen molar-refractivity contribution >= 4 is 22.6 Å². The summed E-state index contributed by atoms with van der Waals surface area (Å²) in [6.45, 7) is 1.75. The molecule has 0 unspecified atom stereocenters. The van der Waals surface area contributed by atoms with Gasteiger partial charge in [0.15, 0.2) is 0 Å². The average Bonchev–Trinajstić information content (AvgIpc) is 3.52. The molecule has 0 saturated carbocycles. The van der Waals surface area contributed by atoms with Crippen molar-refractivity contribution in [3.05, 3.63) is 54.5 Å². The molecular formula is C27H35N5O2. The Balaban J connectivity index is 1.46. The van der Waals surface area contributed by atoms with Crippen molar-refractivity contribution in [1.82, 2.24) is 25.5 Å². The number of imidazole rings is 1. The van der Waals surface area contributed by atoms with Gasteiger partial charge in [0, 0.05) is 25.6 Å². The summed E-state index contributed by atoms with van der Waals surface area (Å²) in [7, 11) is 3.72. The Bertz CT molecular complexity index is 1120. The highest BCUT2D eigenvalue weighted by Gasteiger charge is 2.28. The molecule has 1 aromatic heterocycles. The van der Waals surface area contributed by atoms with Gasteiger partial charge in [-0.05, 0) is 49.7 Å². The van der Waals surface area contributed by atoms with Crippen LogP contribution in [0.5, 0.6) is 0 Å². The summed E-state index contributed by atoms with van der Waals surface area (Å²) in [5.41, 5.74) is 2.02. The lowest BCUT2D eigenvalue weighted by Crippen LogP contribution is -2.35. The van der Waals surface area contributed by atoms with Crippen molar-refractivity contribution in [2.24, 2.45) is 5.92 Å². The van der Waals surface area contributed by atoms with Crippen LogP contribution in [0.1, 0.15) is 50.4 Å². The molecule has 4 rings (SSSR count). The van der Waals surface area contributed by atoms with Crippen molar-refractivity contribution < 1.29 is 9.59 Å². The monoisotopic (exact) mass is 461 g/mol. The number of aromatic amines is 1. The largest absolute Gasteiger partial charge is 0.359 e. The van der Waals surface area contributed by atoms with Gasteiger partial charge >= 0.3 is 0 Å². The van der Waals surface area contributed by atoms with E-state index in [0.29, 0.717) is 6.42 Å². The van der Waals surface area contributed by atoms with Crippen molar-refractivity contribution in [2.75, 3.05) is 27.2 Å². The zero-order valence-electron chi connectivity index (χ0n) is 20.1. The molecule has 1 aliphatic rings. The van der Waals surface area contributed by atoms with Gasteiger partial charge in [-0.2, -0.15) is 0 Å². The number of carbonyl (C=O) groups excluding carboxylic acids is 2. The third-order valence-electron chi connectivity index (χ3n) is 6.74. The number of unbranched alkanes of at least 4 members (excludes halogenated alkanes) is 2. The van der Waals surface area contributed by atoms with E-state index in [1.54, 1.807) is 7.05 Å². The highest BCUT2D eigenvalue weighted by atomic mass is 16.2. The first-order chi connectivity index (χ1) is 16.5. The van der Waals surface area contributed by atoms with Gasteiger partial charge in [-0.1, -0.05) is 49.2 Å². The summed E-state index contributed by atoms with van der Waals surface area (Å²) in [4.78, 5) is 34.8. The SMILES string of the molecule is CNC(=O)CCCCC[C@H](NC(=O)[C@@H]1CCN(C)C1)c1ncc(-c2ccc3ccccc3c2)[nH]1. The standard InChI is InChI=1S/C27H35N5O2/c1-28-25(33)11-5-3-4-10-23(31-27(34)22-14-15-32(2)18-22)26-29-17-24(30-26)21-13-12-19-8-6-7-9-20(19)16-21/h6-9,12-13,16-17,22-23H,3-5,10-11,14-15,18H2,1-2H3,(H,28,33)(H,29,30)(H,31,34)/t22-,23+/m1/s1. The van der Waals surface area contributed by atoms with E-state index in [1.165, 1.54) is 10.8 Å². The molecule has 2 amide bonds. The van der Waals surface area contributed by atoms with Crippen LogP contribution in [0.25, 0.3) is 22.0 Å². The summed E-state index contributed by atoms with van der Waals surface area (Å²) in [6.07, 6.45) is 6.76. The molecule has 1 fully saturated rings. The number of aromatic nitrogens is 2. The highest BCUT2D eigenvalue weighted by Crippen LogP contribution is 2.26. The van der Waals surface area contributed by atoms with Crippen molar-refractivity contribution in [2.45, 2.75) is 44.6 Å². The number of carbonyl (C=O) groups is 2. The molecule has 2 aromatic carbocycles. The molecule has 2 atom stereocenters. The number of likely N-dealkylation sites (tertiary alicyclic amines) is 1. The van der Waals surface area contributed by atoms with Gasteiger partial charge in [-0.3, -0.25) is 9.59 Å². The minimum Gasteiger partial charge on any atom is -0.359 e. The lowest BCUT2D eigenvalue weighted by atomic mass is 10.0. The Hall–Kier alpha value is -3.19. The molecule has 0 spiro atoms. The van der Waals surface area contributed by atoms with E-state index in [4.69, 9.17) is 0 Å². The van der Waals surface area contributed by atoms with Gasteiger partial charge in [0.05, 0.1) is 23.9 Å². The second kappa shape index (κ2) is 11.3. The van der Waals surface area contributed by atoms with Crippen molar-refractivity contribution in [3.63, 3.8) is 0 Å². The molecule has 0 bridgehead atoms. The fourth-order valence-corrected chi connectivity index (χ4v) is 4.67. The Morgan fingerprint density at radius 1 is 1.15 bits per heavy atom. The molecule has 0 radical (unpaired) electrons. The molecule has 7 heteroatoms. The van der Waals surface area contributed by atoms with E-state index in [0.717, 1.165) is 62.3 Å². The van der Waals surface area contributed by atoms with Gasteiger partial charge in [-0.25, -0.2) is 4.98 Å². The van der Waals surface area contributed by atoms with E-state index in [9.17, 15) is 9.59 Å². The zero-order chi connectivity index (χ0) is 23.9. The summed E-state index contributed by atoms with van der Waals surface area (Å²) >= 11 is 0.